The second kappa shape index (κ2) is 10.7. The van der Waals surface area contributed by atoms with Crippen LogP contribution in [0.3, 0.4) is 0 Å². The van der Waals surface area contributed by atoms with Crippen molar-refractivity contribution in [2.24, 2.45) is 0 Å². The molecule has 3 saturated heterocycles. The largest absolute Gasteiger partial charge is 0.508 e. The molecule has 0 saturated carbocycles. The number of piperazine rings is 1. The van der Waals surface area contributed by atoms with Gasteiger partial charge in [-0.25, -0.2) is 18.2 Å². The van der Waals surface area contributed by atoms with E-state index < -0.39 is 23.3 Å². The minimum Gasteiger partial charge on any atom is -0.508 e. The second-order valence-electron chi connectivity index (χ2n) is 14.0. The maximum Gasteiger partial charge on any atom is 0.319 e. The molecular formula is C35H39F3N6O2. The minimum atomic E-state index is -0.904. The second-order valence-corrected chi connectivity index (χ2v) is 14.0. The Bertz CT molecular complexity index is 1890. The summed E-state index contributed by atoms with van der Waals surface area (Å²) in [5, 5.41) is 16.0. The molecule has 3 fully saturated rings. The number of aromatic nitrogens is 3. The lowest BCUT2D eigenvalue weighted by atomic mass is 9.92. The summed E-state index contributed by atoms with van der Waals surface area (Å²) in [5.74, 6) is -0.585. The smallest absolute Gasteiger partial charge is 0.319 e. The quantitative estimate of drug-likeness (QED) is 0.278. The van der Waals surface area contributed by atoms with Crippen molar-refractivity contribution in [2.75, 3.05) is 37.7 Å². The van der Waals surface area contributed by atoms with E-state index in [9.17, 15) is 13.9 Å². The molecule has 2 aromatic carbocycles. The summed E-state index contributed by atoms with van der Waals surface area (Å²) in [6.07, 6.45) is 3.52. The third kappa shape index (κ3) is 4.60. The van der Waals surface area contributed by atoms with Crippen molar-refractivity contribution in [3.8, 4) is 23.0 Å². The van der Waals surface area contributed by atoms with Crippen molar-refractivity contribution >= 4 is 27.5 Å². The van der Waals surface area contributed by atoms with Crippen LogP contribution in [0.15, 0.2) is 24.3 Å². The van der Waals surface area contributed by atoms with Crippen LogP contribution in [0.4, 0.5) is 19.0 Å². The summed E-state index contributed by atoms with van der Waals surface area (Å²) in [5.41, 5.74) is 0.794. The molecule has 242 valence electrons. The summed E-state index contributed by atoms with van der Waals surface area (Å²) in [6.45, 7) is 8.83. The molecule has 0 amide bonds. The Morgan fingerprint density at radius 1 is 1.15 bits per heavy atom. The highest BCUT2D eigenvalue weighted by Gasteiger charge is 2.49. The Hall–Kier alpha value is -3.70. The molecule has 8 nitrogen and oxygen atoms in total. The Morgan fingerprint density at radius 3 is 2.83 bits per heavy atom. The van der Waals surface area contributed by atoms with Crippen molar-refractivity contribution in [3.63, 3.8) is 0 Å². The maximum absolute atomic E-state index is 17.1. The van der Waals surface area contributed by atoms with Crippen molar-refractivity contribution in [1.29, 1.82) is 0 Å². The van der Waals surface area contributed by atoms with Gasteiger partial charge in [0.05, 0.1) is 16.6 Å². The van der Waals surface area contributed by atoms with Gasteiger partial charge in [0, 0.05) is 43.2 Å². The molecule has 8 rings (SSSR count). The molecule has 0 bridgehead atoms. The fourth-order valence-corrected chi connectivity index (χ4v) is 8.36. The molecule has 11 heteroatoms. The van der Waals surface area contributed by atoms with Gasteiger partial charge in [0.1, 0.15) is 41.4 Å². The zero-order valence-corrected chi connectivity index (χ0v) is 26.5. The number of aromatic hydroxyl groups is 1. The Labute approximate surface area is 266 Å². The van der Waals surface area contributed by atoms with Gasteiger partial charge in [-0.1, -0.05) is 13.0 Å². The first-order valence-electron chi connectivity index (χ1n) is 16.4. The topological polar surface area (TPSA) is 86.6 Å². The molecule has 0 unspecified atom stereocenters. The van der Waals surface area contributed by atoms with Gasteiger partial charge >= 0.3 is 6.01 Å². The summed E-state index contributed by atoms with van der Waals surface area (Å²) in [7, 11) is 0. The number of anilines is 1. The van der Waals surface area contributed by atoms with E-state index in [0.29, 0.717) is 64.7 Å². The predicted octanol–water partition coefficient (Wildman–Crippen LogP) is 5.99. The number of fused-ring (bicyclic) bond motifs is 4. The first kappa shape index (κ1) is 29.7. The number of hydrogen-bond donors (Lipinski definition) is 2. The van der Waals surface area contributed by atoms with Gasteiger partial charge in [0.2, 0.25) is 0 Å². The van der Waals surface area contributed by atoms with Gasteiger partial charge in [0.15, 0.2) is 5.82 Å². The zero-order valence-electron chi connectivity index (χ0n) is 26.5. The number of phenolic OH excluding ortho intramolecular Hbond substituents is 1. The molecule has 4 aliphatic heterocycles. The van der Waals surface area contributed by atoms with E-state index in [2.05, 4.69) is 29.0 Å². The molecule has 6 heterocycles. The maximum atomic E-state index is 17.1. The SMILES string of the molecule is CC[C@]1(C)CN2c3nc(OC[C@@]45CCCN4C[C@H](F)C5)nc4c(F)c(-c5cc(O)cc6ccc(F)c(C)c56)nc(c34)CC[C@@H]2CN1. The van der Waals surface area contributed by atoms with Crippen LogP contribution in [0.1, 0.15) is 57.2 Å². The standard InChI is InChI=1S/C35H39F3N6O2/c1-4-34(3)17-44-22(15-39-34)7-9-26-28-31(41-33(42-32(28)44)46-18-35-10-5-11-43(35)16-21(36)14-35)29(38)30(40-26)24-13-23(45)12-20-6-8-25(37)19(2)27(20)24/h6,8,12-13,21-22,39,45H,4-5,7,9-11,14-18H2,1-3H3/t21-,22-,34-,35+/m1/s1. The predicted molar refractivity (Wildman–Crippen MR) is 171 cm³/mol. The highest BCUT2D eigenvalue weighted by molar-refractivity contribution is 6.02. The summed E-state index contributed by atoms with van der Waals surface area (Å²) < 4.78 is 52.8. The van der Waals surface area contributed by atoms with Crippen LogP contribution < -0.4 is 15.0 Å². The van der Waals surface area contributed by atoms with E-state index in [-0.39, 0.29) is 41.2 Å². The monoisotopic (exact) mass is 632 g/mol. The van der Waals surface area contributed by atoms with E-state index >= 15 is 4.39 Å². The van der Waals surface area contributed by atoms with Gasteiger partial charge in [-0.3, -0.25) is 4.90 Å². The van der Waals surface area contributed by atoms with Crippen molar-refractivity contribution in [2.45, 2.75) is 82.6 Å². The summed E-state index contributed by atoms with van der Waals surface area (Å²) in [4.78, 5) is 19.0. The van der Waals surface area contributed by atoms with E-state index in [1.807, 2.05) is 0 Å². The van der Waals surface area contributed by atoms with Crippen molar-refractivity contribution in [3.05, 3.63) is 47.2 Å². The van der Waals surface area contributed by atoms with Crippen LogP contribution in [0, 0.1) is 18.6 Å². The normalized spacial score (nSPS) is 27.7. The number of rotatable bonds is 5. The average Bonchev–Trinajstić information content (AvgIpc) is 3.52. The van der Waals surface area contributed by atoms with Crippen molar-refractivity contribution in [1.82, 2.24) is 25.2 Å². The van der Waals surface area contributed by atoms with Crippen LogP contribution in [0.5, 0.6) is 11.8 Å². The molecule has 4 aliphatic rings. The number of pyridine rings is 1. The molecule has 4 atom stereocenters. The minimum absolute atomic E-state index is 0.000666. The number of aryl methyl sites for hydroxylation is 2. The van der Waals surface area contributed by atoms with Crippen LogP contribution >= 0.6 is 0 Å². The van der Waals surface area contributed by atoms with Gasteiger partial charge < -0.3 is 20.1 Å². The van der Waals surface area contributed by atoms with E-state index in [4.69, 9.17) is 19.7 Å². The molecule has 46 heavy (non-hydrogen) atoms. The zero-order chi connectivity index (χ0) is 32.0. The number of halogens is 3. The fraction of sp³-hybridized carbons (Fsp3) is 0.514. The number of phenols is 1. The van der Waals surface area contributed by atoms with E-state index in [1.54, 1.807) is 13.0 Å². The molecule has 0 spiro atoms. The number of benzene rings is 2. The summed E-state index contributed by atoms with van der Waals surface area (Å²) in [6, 6.07) is 6.04. The lowest BCUT2D eigenvalue weighted by molar-refractivity contribution is 0.107. The Balaban J connectivity index is 1.33. The number of hydrogen-bond acceptors (Lipinski definition) is 8. The lowest BCUT2D eigenvalue weighted by Crippen LogP contribution is -2.63. The highest BCUT2D eigenvalue weighted by atomic mass is 19.1. The van der Waals surface area contributed by atoms with E-state index in [1.165, 1.54) is 18.2 Å². The van der Waals surface area contributed by atoms with E-state index in [0.717, 1.165) is 38.8 Å². The van der Waals surface area contributed by atoms with Crippen molar-refractivity contribution < 1.29 is 23.0 Å². The van der Waals surface area contributed by atoms with Crippen LogP contribution in [0.25, 0.3) is 32.9 Å². The molecule has 2 N–H and O–H groups in total. The average molecular weight is 633 g/mol. The first-order valence-corrected chi connectivity index (χ1v) is 16.4. The first-order chi connectivity index (χ1) is 22.1. The number of nitrogens with zero attached hydrogens (tertiary/aromatic N) is 5. The fourth-order valence-electron chi connectivity index (χ4n) is 8.36. The lowest BCUT2D eigenvalue weighted by Gasteiger charge is -2.46. The molecular weight excluding hydrogens is 593 g/mol. The van der Waals surface area contributed by atoms with Crippen LogP contribution in [-0.4, -0.2) is 81.0 Å². The van der Waals surface area contributed by atoms with Crippen LogP contribution in [-0.2, 0) is 6.42 Å². The van der Waals surface area contributed by atoms with Gasteiger partial charge in [0.25, 0.3) is 0 Å². The van der Waals surface area contributed by atoms with Gasteiger partial charge in [-0.15, -0.1) is 0 Å². The molecule has 0 aliphatic carbocycles. The third-order valence-electron chi connectivity index (χ3n) is 11.1. The molecule has 0 radical (unpaired) electrons. The number of ether oxygens (including phenoxy) is 1. The number of nitrogens with one attached hydrogen (secondary N) is 1. The highest BCUT2D eigenvalue weighted by Crippen LogP contribution is 2.44. The molecule has 4 aromatic rings. The van der Waals surface area contributed by atoms with Crippen LogP contribution in [0.2, 0.25) is 0 Å². The summed E-state index contributed by atoms with van der Waals surface area (Å²) >= 11 is 0. The Kier molecular flexibility index (Phi) is 6.88. The third-order valence-corrected chi connectivity index (χ3v) is 11.1. The van der Waals surface area contributed by atoms with Gasteiger partial charge in [-0.2, -0.15) is 9.97 Å². The number of alkyl halides is 1. The molecule has 2 aromatic heterocycles. The Morgan fingerprint density at radius 2 is 2.00 bits per heavy atom. The van der Waals surface area contributed by atoms with Gasteiger partial charge in [-0.05, 0) is 87.0 Å².